The average Bonchev–Trinajstić information content (AvgIpc) is 2.66. The predicted octanol–water partition coefficient (Wildman–Crippen LogP) is -6.31. The number of hydrogen-bond acceptors (Lipinski definition) is 12. The Labute approximate surface area is 176 Å². The Balaban J connectivity index is -0.0000000873. The van der Waals surface area contributed by atoms with E-state index in [4.69, 9.17) is 61.3 Å². The molecular formula is C12H24MoO16. The molecule has 0 saturated carbocycles. The van der Waals surface area contributed by atoms with E-state index in [1.165, 1.54) is 0 Å². The van der Waals surface area contributed by atoms with Gasteiger partial charge in [-0.05, 0) is 0 Å². The van der Waals surface area contributed by atoms with Gasteiger partial charge in [0.05, 0.1) is 26.4 Å². The van der Waals surface area contributed by atoms with Gasteiger partial charge in [0.2, 0.25) is 0 Å². The Morgan fingerprint density at radius 1 is 0.448 bits per heavy atom. The van der Waals surface area contributed by atoms with Gasteiger partial charge >= 0.3 is 23.9 Å². The molecule has 0 aliphatic carbocycles. The summed E-state index contributed by atoms with van der Waals surface area (Å²) in [7, 11) is 0. The molecule has 0 aromatic heterocycles. The fourth-order valence-corrected chi connectivity index (χ4v) is 0.312. The number of aliphatic hydroxyl groups excluding tert-OH is 8. The minimum atomic E-state index is -1.63. The molecule has 0 bridgehead atoms. The minimum Gasteiger partial charge on any atom is -0.479 e. The second-order valence-corrected chi connectivity index (χ2v) is 4.15. The van der Waals surface area contributed by atoms with E-state index >= 15 is 0 Å². The van der Waals surface area contributed by atoms with Gasteiger partial charge in [-0.1, -0.05) is 0 Å². The van der Waals surface area contributed by atoms with Gasteiger partial charge in [-0.15, -0.1) is 0 Å². The van der Waals surface area contributed by atoms with Crippen molar-refractivity contribution >= 4 is 23.9 Å². The molecule has 4 atom stereocenters. The molecule has 16 nitrogen and oxygen atoms in total. The molecule has 4 unspecified atom stereocenters. The van der Waals surface area contributed by atoms with E-state index in [0.717, 1.165) is 0 Å². The van der Waals surface area contributed by atoms with Crippen LogP contribution in [0.2, 0.25) is 0 Å². The van der Waals surface area contributed by atoms with E-state index in [9.17, 15) is 19.2 Å². The van der Waals surface area contributed by atoms with Crippen molar-refractivity contribution in [2.45, 2.75) is 24.4 Å². The van der Waals surface area contributed by atoms with Gasteiger partial charge in [0, 0.05) is 21.1 Å². The third-order valence-electron chi connectivity index (χ3n) is 1.83. The Morgan fingerprint density at radius 3 is 0.552 bits per heavy atom. The first-order chi connectivity index (χ1) is 12.7. The van der Waals surface area contributed by atoms with Crippen molar-refractivity contribution in [3.05, 3.63) is 0 Å². The van der Waals surface area contributed by atoms with Crippen LogP contribution >= 0.6 is 0 Å². The summed E-state index contributed by atoms with van der Waals surface area (Å²) in [4.78, 5) is 38.1. The molecule has 0 aromatic rings. The van der Waals surface area contributed by atoms with Gasteiger partial charge < -0.3 is 61.3 Å². The standard InChI is InChI=1S/4C3H6O4.Mo/c4*4-1-2(5)3(6)7;/h4*2,4-5H,1H2,(H,6,7);. The number of aliphatic hydroxyl groups is 8. The van der Waals surface area contributed by atoms with Crippen LogP contribution in [0, 0.1) is 0 Å². The number of hydrogen-bond donors (Lipinski definition) is 12. The van der Waals surface area contributed by atoms with Crippen LogP contribution in [0.4, 0.5) is 0 Å². The van der Waals surface area contributed by atoms with Gasteiger partial charge in [-0.25, -0.2) is 19.2 Å². The summed E-state index contributed by atoms with van der Waals surface area (Å²) in [5.74, 6) is -5.60. The predicted molar refractivity (Wildman–Crippen MR) is 82.9 cm³/mol. The summed E-state index contributed by atoms with van der Waals surface area (Å²) in [6, 6.07) is 0. The average molecular weight is 520 g/mol. The maximum atomic E-state index is 9.52. The molecule has 0 aliphatic heterocycles. The van der Waals surface area contributed by atoms with Crippen LogP contribution in [0.5, 0.6) is 0 Å². The quantitative estimate of drug-likeness (QED) is 0.132. The zero-order chi connectivity index (χ0) is 23.4. The monoisotopic (exact) mass is 522 g/mol. The van der Waals surface area contributed by atoms with Crippen LogP contribution in [0.25, 0.3) is 0 Å². The van der Waals surface area contributed by atoms with Crippen molar-refractivity contribution in [1.82, 2.24) is 0 Å². The molecule has 0 rings (SSSR count). The van der Waals surface area contributed by atoms with Crippen molar-refractivity contribution in [3.63, 3.8) is 0 Å². The smallest absolute Gasteiger partial charge is 0.334 e. The summed E-state index contributed by atoms with van der Waals surface area (Å²) < 4.78 is 0. The van der Waals surface area contributed by atoms with E-state index in [1.54, 1.807) is 0 Å². The summed E-state index contributed by atoms with van der Waals surface area (Å²) in [5.41, 5.74) is 0. The zero-order valence-corrected chi connectivity index (χ0v) is 16.6. The molecular weight excluding hydrogens is 496 g/mol. The normalized spacial score (nSPS) is 13.0. The van der Waals surface area contributed by atoms with Crippen LogP contribution in [0.1, 0.15) is 0 Å². The molecule has 29 heavy (non-hydrogen) atoms. The first kappa shape index (κ1) is 37.9. The molecule has 0 aromatic carbocycles. The van der Waals surface area contributed by atoms with Gasteiger partial charge in [-0.2, -0.15) is 0 Å². The number of rotatable bonds is 8. The SMILES string of the molecule is O=C(O)C(O)CO.O=C(O)C(O)CO.O=C(O)C(O)CO.O=C(O)C(O)CO.[Mo]. The Bertz CT molecular complexity index is 364. The van der Waals surface area contributed by atoms with Crippen LogP contribution in [0.15, 0.2) is 0 Å². The van der Waals surface area contributed by atoms with E-state index in [0.29, 0.717) is 0 Å². The molecule has 0 heterocycles. The molecule has 0 aliphatic rings. The summed E-state index contributed by atoms with van der Waals surface area (Å²) in [5, 5.41) is 94.9. The Hall–Kier alpha value is -1.75. The van der Waals surface area contributed by atoms with Crippen molar-refractivity contribution < 1.29 is 102 Å². The van der Waals surface area contributed by atoms with E-state index in [2.05, 4.69) is 0 Å². The Morgan fingerprint density at radius 2 is 0.552 bits per heavy atom. The summed E-state index contributed by atoms with van der Waals surface area (Å²) in [6.07, 6.45) is -6.50. The van der Waals surface area contributed by atoms with Crippen molar-refractivity contribution in [1.29, 1.82) is 0 Å². The first-order valence-corrected chi connectivity index (χ1v) is 6.80. The van der Waals surface area contributed by atoms with Crippen LogP contribution in [-0.4, -0.2) is 136 Å². The molecule has 0 spiro atoms. The van der Waals surface area contributed by atoms with Gasteiger partial charge in [0.1, 0.15) is 0 Å². The molecule has 0 fully saturated rings. The topological polar surface area (TPSA) is 311 Å². The van der Waals surface area contributed by atoms with Crippen LogP contribution in [0.3, 0.4) is 0 Å². The molecule has 12 N–H and O–H groups in total. The number of aliphatic carboxylic acids is 4. The van der Waals surface area contributed by atoms with Crippen LogP contribution < -0.4 is 0 Å². The van der Waals surface area contributed by atoms with E-state index < -0.39 is 74.7 Å². The molecule has 17 heteroatoms. The number of carbonyl (C=O) groups is 4. The molecule has 0 amide bonds. The van der Waals surface area contributed by atoms with E-state index in [1.807, 2.05) is 0 Å². The third-order valence-corrected chi connectivity index (χ3v) is 1.83. The van der Waals surface area contributed by atoms with Gasteiger partial charge in [-0.3, -0.25) is 0 Å². The first-order valence-electron chi connectivity index (χ1n) is 6.80. The minimum absolute atomic E-state index is 0. The fourth-order valence-electron chi connectivity index (χ4n) is 0.312. The van der Waals surface area contributed by atoms with Gasteiger partial charge in [0.15, 0.2) is 24.4 Å². The van der Waals surface area contributed by atoms with E-state index in [-0.39, 0.29) is 21.1 Å². The molecule has 0 radical (unpaired) electrons. The Kier molecular flexibility index (Phi) is 31.8. The fraction of sp³-hybridized carbons (Fsp3) is 0.667. The largest absolute Gasteiger partial charge is 0.479 e. The van der Waals surface area contributed by atoms with Crippen molar-refractivity contribution in [2.75, 3.05) is 26.4 Å². The van der Waals surface area contributed by atoms with Crippen molar-refractivity contribution in [3.8, 4) is 0 Å². The summed E-state index contributed by atoms with van der Waals surface area (Å²) >= 11 is 0. The zero-order valence-electron chi connectivity index (χ0n) is 14.5. The summed E-state index contributed by atoms with van der Waals surface area (Å²) in [6.45, 7) is -2.91. The number of carboxylic acid groups (broad SMARTS) is 4. The van der Waals surface area contributed by atoms with Crippen molar-refractivity contribution in [2.24, 2.45) is 0 Å². The maximum absolute atomic E-state index is 9.52. The third kappa shape index (κ3) is 31.2. The molecule has 174 valence electrons. The molecule has 0 saturated heterocycles. The van der Waals surface area contributed by atoms with Gasteiger partial charge in [0.25, 0.3) is 0 Å². The maximum Gasteiger partial charge on any atom is 0.334 e. The second kappa shape index (κ2) is 24.3. The number of carboxylic acids is 4. The van der Waals surface area contributed by atoms with Crippen LogP contribution in [-0.2, 0) is 40.2 Å². The second-order valence-electron chi connectivity index (χ2n) is 4.15.